The van der Waals surface area contributed by atoms with Gasteiger partial charge in [0.15, 0.2) is 5.56 Å². The van der Waals surface area contributed by atoms with Crippen LogP contribution in [0.15, 0.2) is 17.1 Å². The van der Waals surface area contributed by atoms with Gasteiger partial charge < -0.3 is 4.57 Å². The van der Waals surface area contributed by atoms with E-state index in [1.807, 2.05) is 11.0 Å². The van der Waals surface area contributed by atoms with Crippen molar-refractivity contribution in [3.05, 3.63) is 34.2 Å². The molecule has 73 valence electrons. The van der Waals surface area contributed by atoms with E-state index in [0.717, 1.165) is 5.56 Å². The Morgan fingerprint density at radius 2 is 2.21 bits per heavy atom. The Labute approximate surface area is 123 Å². The molecule has 1 aromatic rings. The standard InChI is InChI=1S/C8H7N2O.CH3I.Y/c1-7-2-4-10(5-3-9)8(11)6-7;1-2;/h4,6H,5H2,1H3;1H3;/q-1;;. The molecule has 3 nitrogen and oxygen atoms in total. The van der Waals surface area contributed by atoms with Gasteiger partial charge in [-0.25, -0.2) is 11.6 Å². The number of pyridine rings is 1. The van der Waals surface area contributed by atoms with E-state index in [2.05, 4.69) is 28.7 Å². The predicted molar refractivity (Wildman–Crippen MR) is 59.8 cm³/mol. The summed E-state index contributed by atoms with van der Waals surface area (Å²) in [6, 6.07) is 6.18. The van der Waals surface area contributed by atoms with Crippen molar-refractivity contribution in [2.45, 2.75) is 13.5 Å². The first kappa shape index (κ1) is 16.7. The molecule has 1 aromatic heterocycles. The van der Waals surface area contributed by atoms with Gasteiger partial charge in [-0.1, -0.05) is 35.7 Å². The first-order chi connectivity index (χ1) is 6.24. The minimum absolute atomic E-state index is 0. The van der Waals surface area contributed by atoms with Gasteiger partial charge in [-0.2, -0.15) is 5.26 Å². The second-order valence-corrected chi connectivity index (χ2v) is 2.23. The maximum Gasteiger partial charge on any atom is 0.168 e. The number of alkyl halides is 1. The van der Waals surface area contributed by atoms with Gasteiger partial charge in [-0.15, -0.1) is 6.07 Å². The van der Waals surface area contributed by atoms with E-state index in [9.17, 15) is 4.79 Å². The zero-order valence-corrected chi connectivity index (χ0v) is 13.1. The average Bonchev–Trinajstić information content (AvgIpc) is 2.14. The Kier molecular flexibility index (Phi) is 11.7. The summed E-state index contributed by atoms with van der Waals surface area (Å²) in [5.74, 6) is 0. The third kappa shape index (κ3) is 5.89. The minimum Gasteiger partial charge on any atom is -0.335 e. The third-order valence-electron chi connectivity index (χ3n) is 1.31. The van der Waals surface area contributed by atoms with Gasteiger partial charge in [0, 0.05) is 32.7 Å². The number of hydrogen-bond acceptors (Lipinski definition) is 2. The second-order valence-electron chi connectivity index (χ2n) is 2.23. The van der Waals surface area contributed by atoms with Crippen molar-refractivity contribution in [1.29, 1.82) is 5.26 Å². The first-order valence-corrected chi connectivity index (χ1v) is 5.73. The van der Waals surface area contributed by atoms with Crippen LogP contribution in [0.5, 0.6) is 0 Å². The van der Waals surface area contributed by atoms with Crippen molar-refractivity contribution >= 4 is 22.6 Å². The molecule has 0 aliphatic heterocycles. The maximum absolute atomic E-state index is 11.0. The average molecular weight is 378 g/mol. The molecule has 1 heterocycles. The predicted octanol–water partition coefficient (Wildman–Crippen LogP) is 1.53. The van der Waals surface area contributed by atoms with Crippen molar-refractivity contribution in [3.63, 3.8) is 0 Å². The van der Waals surface area contributed by atoms with E-state index in [0.29, 0.717) is 0 Å². The molecule has 1 rings (SSSR count). The van der Waals surface area contributed by atoms with Gasteiger partial charge in [0.25, 0.3) is 0 Å². The van der Waals surface area contributed by atoms with Crippen LogP contribution in [0.1, 0.15) is 5.56 Å². The molecule has 0 saturated carbocycles. The molecule has 0 aliphatic rings. The molecule has 0 saturated heterocycles. The molecule has 0 amide bonds. The Morgan fingerprint density at radius 1 is 1.64 bits per heavy atom. The number of aryl methyl sites for hydroxylation is 1. The van der Waals surface area contributed by atoms with Gasteiger partial charge in [0.2, 0.25) is 0 Å². The first-order valence-electron chi connectivity index (χ1n) is 3.57. The molecule has 5 heteroatoms. The summed E-state index contributed by atoms with van der Waals surface area (Å²) in [6.07, 6.45) is 1.50. The van der Waals surface area contributed by atoms with Crippen LogP contribution < -0.4 is 5.56 Å². The fourth-order valence-corrected chi connectivity index (χ4v) is 0.753. The monoisotopic (exact) mass is 378 g/mol. The SMILES string of the molecule is CI.Cc1[c-]cn(CC#N)c(=O)c1.[Y]. The zero-order valence-electron chi connectivity index (χ0n) is 8.12. The number of aromatic nitrogens is 1. The summed E-state index contributed by atoms with van der Waals surface area (Å²) in [5, 5.41) is 8.29. The zero-order chi connectivity index (χ0) is 10.3. The topological polar surface area (TPSA) is 45.8 Å². The van der Waals surface area contributed by atoms with Crippen molar-refractivity contribution in [3.8, 4) is 6.07 Å². The number of rotatable bonds is 1. The van der Waals surface area contributed by atoms with Gasteiger partial charge in [0.05, 0.1) is 6.07 Å². The van der Waals surface area contributed by atoms with E-state index in [1.54, 1.807) is 6.92 Å². The summed E-state index contributed by atoms with van der Waals surface area (Å²) in [6.45, 7) is 1.88. The normalized spacial score (nSPS) is 7.57. The van der Waals surface area contributed by atoms with Crippen LogP contribution in [0.2, 0.25) is 0 Å². The quantitative estimate of drug-likeness (QED) is 0.423. The van der Waals surface area contributed by atoms with Crippen LogP contribution in [0.4, 0.5) is 0 Å². The molecule has 0 unspecified atom stereocenters. The fourth-order valence-electron chi connectivity index (χ4n) is 0.753. The van der Waals surface area contributed by atoms with Gasteiger partial charge in [-0.3, -0.25) is 4.79 Å². The molecule has 0 atom stereocenters. The van der Waals surface area contributed by atoms with Gasteiger partial charge in [-0.05, 0) is 4.93 Å². The molecule has 0 bridgehead atoms. The molecule has 0 aromatic carbocycles. The van der Waals surface area contributed by atoms with E-state index in [4.69, 9.17) is 5.26 Å². The summed E-state index contributed by atoms with van der Waals surface area (Å²) < 4.78 is 1.31. The van der Waals surface area contributed by atoms with Crippen molar-refractivity contribution in [2.24, 2.45) is 0 Å². The van der Waals surface area contributed by atoms with Crippen molar-refractivity contribution in [1.82, 2.24) is 4.57 Å². The van der Waals surface area contributed by atoms with Crippen LogP contribution in [0.25, 0.3) is 0 Å². The summed E-state index contributed by atoms with van der Waals surface area (Å²) in [4.78, 5) is 13.0. The maximum atomic E-state index is 11.0. The molecule has 0 aliphatic carbocycles. The minimum atomic E-state index is -0.150. The largest absolute Gasteiger partial charge is 0.335 e. The van der Waals surface area contributed by atoms with Crippen LogP contribution in [0, 0.1) is 24.3 Å². The van der Waals surface area contributed by atoms with Gasteiger partial charge >= 0.3 is 0 Å². The second kappa shape index (κ2) is 9.81. The van der Waals surface area contributed by atoms with E-state index < -0.39 is 0 Å². The molecular weight excluding hydrogens is 368 g/mol. The molecule has 14 heavy (non-hydrogen) atoms. The van der Waals surface area contributed by atoms with Crippen molar-refractivity contribution in [2.75, 3.05) is 4.93 Å². The van der Waals surface area contributed by atoms with E-state index in [1.165, 1.54) is 16.8 Å². The summed E-state index contributed by atoms with van der Waals surface area (Å²) in [7, 11) is 0. The number of nitrogens with zero attached hydrogens (tertiary/aromatic N) is 2. The van der Waals surface area contributed by atoms with Crippen LogP contribution in [-0.4, -0.2) is 9.50 Å². The Balaban J connectivity index is 0. The molecular formula is C9H10IN2OY-. The van der Waals surface area contributed by atoms with E-state index >= 15 is 0 Å². The fraction of sp³-hybridized carbons (Fsp3) is 0.333. The number of nitriles is 1. The van der Waals surface area contributed by atoms with Crippen LogP contribution in [0.3, 0.4) is 0 Å². The smallest absolute Gasteiger partial charge is 0.168 e. The molecule has 0 N–H and O–H groups in total. The summed E-state index contributed by atoms with van der Waals surface area (Å²) >= 11 is 2.15. The Morgan fingerprint density at radius 3 is 2.64 bits per heavy atom. The summed E-state index contributed by atoms with van der Waals surface area (Å²) in [5.41, 5.74) is 0.645. The number of hydrogen-bond donors (Lipinski definition) is 0. The number of halogens is 1. The molecule has 1 radical (unpaired) electrons. The Bertz CT molecular complexity index is 357. The van der Waals surface area contributed by atoms with Crippen LogP contribution >= 0.6 is 22.6 Å². The third-order valence-corrected chi connectivity index (χ3v) is 1.31. The molecule has 0 fully saturated rings. The Hall–Kier alpha value is 0.274. The van der Waals surface area contributed by atoms with Crippen LogP contribution in [-0.2, 0) is 39.3 Å². The van der Waals surface area contributed by atoms with Crippen molar-refractivity contribution < 1.29 is 32.7 Å². The molecule has 0 spiro atoms. The van der Waals surface area contributed by atoms with E-state index in [-0.39, 0.29) is 44.8 Å². The van der Waals surface area contributed by atoms with Gasteiger partial charge in [0.1, 0.15) is 6.54 Å².